The van der Waals surface area contributed by atoms with Crippen molar-refractivity contribution in [3.63, 3.8) is 0 Å². The predicted molar refractivity (Wildman–Crippen MR) is 78.8 cm³/mol. The van der Waals surface area contributed by atoms with Crippen molar-refractivity contribution in [2.45, 2.75) is 6.92 Å². The van der Waals surface area contributed by atoms with E-state index in [9.17, 15) is 4.79 Å². The summed E-state index contributed by atoms with van der Waals surface area (Å²) in [4.78, 5) is 12.3. The molecule has 17 heavy (non-hydrogen) atoms. The van der Waals surface area contributed by atoms with Crippen molar-refractivity contribution >= 4 is 40.0 Å². The first-order valence-corrected chi connectivity index (χ1v) is 6.60. The van der Waals surface area contributed by atoms with Crippen LogP contribution in [0.5, 0.6) is 0 Å². The molecule has 0 aliphatic carbocycles. The third-order valence-corrected chi connectivity index (χ3v) is 3.55. The fraction of sp³-hybridized carbons (Fsp3) is 0.0714. The van der Waals surface area contributed by atoms with Crippen molar-refractivity contribution in [2.24, 2.45) is 0 Å². The lowest BCUT2D eigenvalue weighted by Gasteiger charge is -2.06. The zero-order valence-corrected chi connectivity index (χ0v) is 12.1. The molecule has 2 rings (SSSR count). The van der Waals surface area contributed by atoms with E-state index in [1.165, 1.54) is 0 Å². The van der Waals surface area contributed by atoms with Crippen LogP contribution < -0.4 is 0 Å². The molecule has 2 aromatic carbocycles. The van der Waals surface area contributed by atoms with Gasteiger partial charge in [0.15, 0.2) is 5.78 Å². The average Bonchev–Trinajstić information content (AvgIpc) is 2.29. The van der Waals surface area contributed by atoms with E-state index in [0.29, 0.717) is 16.1 Å². The molecule has 0 spiro atoms. The van der Waals surface area contributed by atoms with Crippen molar-refractivity contribution in [3.8, 4) is 0 Å². The lowest BCUT2D eigenvalue weighted by molar-refractivity contribution is 0.103. The maximum absolute atomic E-state index is 12.3. The Balaban J connectivity index is 2.48. The molecule has 1 nitrogen and oxygen atoms in total. The highest BCUT2D eigenvalue weighted by Crippen LogP contribution is 2.23. The minimum atomic E-state index is -0.0236. The summed E-state index contributed by atoms with van der Waals surface area (Å²) < 4.78 is 1.02. The van der Waals surface area contributed by atoms with Crippen molar-refractivity contribution < 1.29 is 4.79 Å². The van der Waals surface area contributed by atoms with E-state index >= 15 is 0 Å². The Morgan fingerprint density at radius 1 is 1.12 bits per heavy atom. The number of carbonyl (C=O) groups is 1. The second-order valence-corrected chi connectivity index (χ2v) is 5.42. The van der Waals surface area contributed by atoms with E-state index in [1.807, 2.05) is 37.3 Å². The fourth-order valence-electron chi connectivity index (χ4n) is 1.65. The van der Waals surface area contributed by atoms with Crippen molar-refractivity contribution in [2.75, 3.05) is 0 Å². The number of carbonyl (C=O) groups excluding carboxylic acids is 1. The highest BCUT2D eigenvalue weighted by Gasteiger charge is 2.14. The van der Waals surface area contributed by atoms with Crippen LogP contribution in [-0.2, 0) is 0 Å². The average molecular weight is 357 g/mol. The number of ketones is 1. The van der Waals surface area contributed by atoms with E-state index < -0.39 is 0 Å². The van der Waals surface area contributed by atoms with E-state index in [0.717, 1.165) is 9.13 Å². The molecule has 0 saturated heterocycles. The lowest BCUT2D eigenvalue weighted by atomic mass is 9.99. The molecule has 0 aliphatic rings. The van der Waals surface area contributed by atoms with E-state index in [2.05, 4.69) is 22.6 Å². The number of halogens is 2. The summed E-state index contributed by atoms with van der Waals surface area (Å²) in [6.07, 6.45) is 0. The van der Waals surface area contributed by atoms with Gasteiger partial charge in [0.1, 0.15) is 0 Å². The second-order valence-electron chi connectivity index (χ2n) is 3.77. The van der Waals surface area contributed by atoms with Crippen molar-refractivity contribution in [1.82, 2.24) is 0 Å². The Labute approximate surface area is 119 Å². The van der Waals surface area contributed by atoms with Gasteiger partial charge in [0.05, 0.1) is 5.02 Å². The first kappa shape index (κ1) is 12.6. The largest absolute Gasteiger partial charge is 0.289 e. The van der Waals surface area contributed by atoms with Gasteiger partial charge in [-0.25, -0.2) is 0 Å². The van der Waals surface area contributed by atoms with Gasteiger partial charge in [-0.1, -0.05) is 35.9 Å². The van der Waals surface area contributed by atoms with Crippen molar-refractivity contribution in [1.29, 1.82) is 0 Å². The van der Waals surface area contributed by atoms with E-state index in [1.54, 1.807) is 12.1 Å². The van der Waals surface area contributed by atoms with E-state index in [4.69, 9.17) is 11.6 Å². The highest BCUT2D eigenvalue weighted by atomic mass is 127. The molecule has 0 radical (unpaired) electrons. The standard InChI is InChI=1S/C14H10ClIO/c1-9-4-2-3-5-11(9)14(17)12-7-6-10(16)8-13(12)15/h2-8H,1H3. The van der Waals surface area contributed by atoms with Crippen LogP contribution in [0.4, 0.5) is 0 Å². The first-order chi connectivity index (χ1) is 8.09. The molecule has 0 heterocycles. The lowest BCUT2D eigenvalue weighted by Crippen LogP contribution is -2.04. The predicted octanol–water partition coefficient (Wildman–Crippen LogP) is 4.48. The summed E-state index contributed by atoms with van der Waals surface area (Å²) in [7, 11) is 0. The van der Waals surface area contributed by atoms with Gasteiger partial charge in [-0.3, -0.25) is 4.79 Å². The number of hydrogen-bond donors (Lipinski definition) is 0. The summed E-state index contributed by atoms with van der Waals surface area (Å²) in [5, 5.41) is 0.505. The number of hydrogen-bond acceptors (Lipinski definition) is 1. The SMILES string of the molecule is Cc1ccccc1C(=O)c1ccc(I)cc1Cl. The molecule has 0 aliphatic heterocycles. The summed E-state index contributed by atoms with van der Waals surface area (Å²) in [5.41, 5.74) is 2.23. The molecule has 0 saturated carbocycles. The topological polar surface area (TPSA) is 17.1 Å². The van der Waals surface area contributed by atoms with Gasteiger partial charge in [-0.2, -0.15) is 0 Å². The molecule has 3 heteroatoms. The molecule has 0 bridgehead atoms. The third kappa shape index (κ3) is 2.69. The van der Waals surface area contributed by atoms with Crippen LogP contribution in [0.2, 0.25) is 5.02 Å². The van der Waals surface area contributed by atoms with Crippen LogP contribution in [0.25, 0.3) is 0 Å². The van der Waals surface area contributed by atoms with Gasteiger partial charge in [-0.15, -0.1) is 0 Å². The van der Waals surface area contributed by atoms with Gasteiger partial charge < -0.3 is 0 Å². The smallest absolute Gasteiger partial charge is 0.194 e. The second kappa shape index (κ2) is 5.19. The number of benzene rings is 2. The highest BCUT2D eigenvalue weighted by molar-refractivity contribution is 14.1. The van der Waals surface area contributed by atoms with Gasteiger partial charge in [0.2, 0.25) is 0 Å². The normalized spacial score (nSPS) is 10.3. The van der Waals surface area contributed by atoms with Crippen LogP contribution >= 0.6 is 34.2 Å². The quantitative estimate of drug-likeness (QED) is 0.572. The molecular weight excluding hydrogens is 347 g/mol. The summed E-state index contributed by atoms with van der Waals surface area (Å²) in [6.45, 7) is 1.92. The first-order valence-electron chi connectivity index (χ1n) is 5.15. The Hall–Kier alpha value is -0.870. The summed E-state index contributed by atoms with van der Waals surface area (Å²) in [6, 6.07) is 13.0. The molecular formula is C14H10ClIO. The maximum atomic E-state index is 12.3. The fourth-order valence-corrected chi connectivity index (χ4v) is 2.59. The van der Waals surface area contributed by atoms with Crippen molar-refractivity contribution in [3.05, 3.63) is 67.7 Å². The Morgan fingerprint density at radius 3 is 2.47 bits per heavy atom. The minimum Gasteiger partial charge on any atom is -0.289 e. The summed E-state index contributed by atoms with van der Waals surface area (Å²) >= 11 is 8.27. The number of rotatable bonds is 2. The Morgan fingerprint density at radius 2 is 1.82 bits per heavy atom. The van der Waals surface area contributed by atoms with Gasteiger partial charge >= 0.3 is 0 Å². The molecule has 0 unspecified atom stereocenters. The molecule has 86 valence electrons. The summed E-state index contributed by atoms with van der Waals surface area (Å²) in [5.74, 6) is -0.0236. The monoisotopic (exact) mass is 356 g/mol. The molecule has 0 N–H and O–H groups in total. The van der Waals surface area contributed by atoms with Crippen LogP contribution in [0.1, 0.15) is 21.5 Å². The number of aryl methyl sites for hydroxylation is 1. The Kier molecular flexibility index (Phi) is 3.84. The molecule has 0 amide bonds. The maximum Gasteiger partial charge on any atom is 0.194 e. The molecule has 0 fully saturated rings. The third-order valence-electron chi connectivity index (χ3n) is 2.57. The van der Waals surface area contributed by atoms with Crippen LogP contribution in [0.3, 0.4) is 0 Å². The van der Waals surface area contributed by atoms with Crippen LogP contribution in [0.15, 0.2) is 42.5 Å². The van der Waals surface area contributed by atoms with Gasteiger partial charge in [0.25, 0.3) is 0 Å². The van der Waals surface area contributed by atoms with Gasteiger partial charge in [-0.05, 0) is 53.3 Å². The molecule has 0 aromatic heterocycles. The van der Waals surface area contributed by atoms with E-state index in [-0.39, 0.29) is 5.78 Å². The molecule has 0 atom stereocenters. The Bertz CT molecular complexity index is 578. The minimum absolute atomic E-state index is 0.0236. The molecule has 2 aromatic rings. The van der Waals surface area contributed by atoms with Crippen LogP contribution in [-0.4, -0.2) is 5.78 Å². The zero-order valence-electron chi connectivity index (χ0n) is 9.21. The zero-order chi connectivity index (χ0) is 12.4. The van der Waals surface area contributed by atoms with Gasteiger partial charge in [0, 0.05) is 14.7 Å². The van der Waals surface area contributed by atoms with Crippen LogP contribution in [0, 0.1) is 10.5 Å².